The molecule has 0 aliphatic carbocycles. The number of anilines is 1. The molecule has 1 N–H and O–H groups in total. The molecule has 0 fully saturated rings. The molecule has 2 rings (SSSR count). The number of sulfonamides is 1. The van der Waals surface area contributed by atoms with Gasteiger partial charge in [0.15, 0.2) is 0 Å². The number of methoxy groups -OCH3 is 1. The van der Waals surface area contributed by atoms with E-state index in [1.165, 1.54) is 16.4 Å². The first kappa shape index (κ1) is 19.9. The highest BCUT2D eigenvalue weighted by atomic mass is 32.2. The Balaban J connectivity index is 2.14. The maximum absolute atomic E-state index is 12.6. The molecule has 0 saturated heterocycles. The van der Waals surface area contributed by atoms with E-state index in [4.69, 9.17) is 4.74 Å². The van der Waals surface area contributed by atoms with Crippen LogP contribution in [0.25, 0.3) is 0 Å². The number of ether oxygens (including phenoxy) is 1. The van der Waals surface area contributed by atoms with Crippen LogP contribution >= 0.6 is 0 Å². The van der Waals surface area contributed by atoms with Crippen LogP contribution in [0.4, 0.5) is 5.69 Å². The zero-order valence-corrected chi connectivity index (χ0v) is 16.0. The van der Waals surface area contributed by atoms with Crippen molar-refractivity contribution in [1.29, 1.82) is 0 Å². The lowest BCUT2D eigenvalue weighted by molar-refractivity contribution is -0.115. The highest BCUT2D eigenvalue weighted by Gasteiger charge is 2.21. The van der Waals surface area contributed by atoms with Crippen LogP contribution in [0.3, 0.4) is 0 Å². The van der Waals surface area contributed by atoms with Gasteiger partial charge < -0.3 is 10.1 Å². The van der Waals surface area contributed by atoms with Crippen molar-refractivity contribution in [3.05, 3.63) is 54.1 Å². The fraction of sp³-hybridized carbons (Fsp3) is 0.316. The molecule has 0 spiro atoms. The van der Waals surface area contributed by atoms with Crippen molar-refractivity contribution in [2.45, 2.75) is 25.2 Å². The van der Waals surface area contributed by atoms with Gasteiger partial charge in [0, 0.05) is 18.8 Å². The Bertz CT molecular complexity index is 861. The van der Waals surface area contributed by atoms with Gasteiger partial charge in [-0.3, -0.25) is 4.79 Å². The van der Waals surface area contributed by atoms with Gasteiger partial charge in [-0.05, 0) is 35.9 Å². The summed E-state index contributed by atoms with van der Waals surface area (Å²) in [5, 5.41) is 2.75. The quantitative estimate of drug-likeness (QED) is 0.769. The monoisotopic (exact) mass is 376 g/mol. The minimum atomic E-state index is -3.56. The molecular formula is C19H24N2O4S. The lowest BCUT2D eigenvalue weighted by atomic mass is 10.1. The van der Waals surface area contributed by atoms with E-state index in [2.05, 4.69) is 5.32 Å². The van der Waals surface area contributed by atoms with E-state index in [-0.39, 0.29) is 17.2 Å². The number of hydrogen-bond donors (Lipinski definition) is 1. The highest BCUT2D eigenvalue weighted by molar-refractivity contribution is 7.89. The topological polar surface area (TPSA) is 75.7 Å². The van der Waals surface area contributed by atoms with E-state index in [9.17, 15) is 13.2 Å². The van der Waals surface area contributed by atoms with Gasteiger partial charge in [0.05, 0.1) is 18.4 Å². The van der Waals surface area contributed by atoms with Gasteiger partial charge in [-0.1, -0.05) is 32.0 Å². The number of amides is 1. The standard InChI is InChI=1S/C19H24N2O4S/c1-4-21(5-2)26(23,24)18-11-7-9-16(14-18)20-19(22)13-15-8-6-10-17(12-15)25-3/h6-12,14H,4-5,13H2,1-3H3,(H,20,22). The van der Waals surface area contributed by atoms with Crippen LogP contribution in [0.1, 0.15) is 19.4 Å². The Kier molecular flexibility index (Phi) is 6.76. The predicted molar refractivity (Wildman–Crippen MR) is 102 cm³/mol. The third kappa shape index (κ3) is 4.83. The van der Waals surface area contributed by atoms with E-state index < -0.39 is 10.0 Å². The van der Waals surface area contributed by atoms with Crippen LogP contribution in [0.2, 0.25) is 0 Å². The Labute approximate surface area is 154 Å². The van der Waals surface area contributed by atoms with Crippen LogP contribution in [0.5, 0.6) is 5.75 Å². The molecule has 2 aromatic rings. The molecule has 0 atom stereocenters. The van der Waals surface area contributed by atoms with Gasteiger partial charge >= 0.3 is 0 Å². The minimum absolute atomic E-state index is 0.167. The summed E-state index contributed by atoms with van der Waals surface area (Å²) in [4.78, 5) is 12.4. The normalized spacial score (nSPS) is 11.4. The molecule has 140 valence electrons. The first-order chi connectivity index (χ1) is 12.4. The number of nitrogens with one attached hydrogen (secondary N) is 1. The van der Waals surface area contributed by atoms with Gasteiger partial charge in [-0.15, -0.1) is 0 Å². The van der Waals surface area contributed by atoms with E-state index >= 15 is 0 Å². The molecule has 0 unspecified atom stereocenters. The molecule has 0 heterocycles. The average Bonchev–Trinajstić information content (AvgIpc) is 2.62. The van der Waals surface area contributed by atoms with Crippen molar-refractivity contribution >= 4 is 21.6 Å². The van der Waals surface area contributed by atoms with Crippen molar-refractivity contribution in [1.82, 2.24) is 4.31 Å². The molecular weight excluding hydrogens is 352 g/mol. The molecule has 2 aromatic carbocycles. The summed E-state index contributed by atoms with van der Waals surface area (Å²) < 4.78 is 31.7. The fourth-order valence-electron chi connectivity index (χ4n) is 2.62. The number of nitrogens with zero attached hydrogens (tertiary/aromatic N) is 1. The largest absolute Gasteiger partial charge is 0.497 e. The second kappa shape index (κ2) is 8.82. The molecule has 0 aromatic heterocycles. The Morgan fingerprint density at radius 1 is 1.08 bits per heavy atom. The molecule has 26 heavy (non-hydrogen) atoms. The molecule has 6 nitrogen and oxygen atoms in total. The maximum Gasteiger partial charge on any atom is 0.243 e. The molecule has 1 amide bonds. The van der Waals surface area contributed by atoms with Crippen LogP contribution < -0.4 is 10.1 Å². The maximum atomic E-state index is 12.6. The Morgan fingerprint density at radius 2 is 1.77 bits per heavy atom. The molecule has 0 aliphatic heterocycles. The van der Waals surface area contributed by atoms with Gasteiger partial charge in [0.1, 0.15) is 5.75 Å². The van der Waals surface area contributed by atoms with Crippen molar-refractivity contribution in [3.8, 4) is 5.75 Å². The van der Waals surface area contributed by atoms with Crippen LogP contribution in [0, 0.1) is 0 Å². The van der Waals surface area contributed by atoms with Crippen molar-refractivity contribution in [2.24, 2.45) is 0 Å². The lowest BCUT2D eigenvalue weighted by Gasteiger charge is -2.18. The minimum Gasteiger partial charge on any atom is -0.497 e. The Hall–Kier alpha value is -2.38. The second-order valence-corrected chi connectivity index (χ2v) is 7.63. The number of rotatable bonds is 8. The summed E-state index contributed by atoms with van der Waals surface area (Å²) in [7, 11) is -1.99. The van der Waals surface area contributed by atoms with Crippen molar-refractivity contribution in [3.63, 3.8) is 0 Å². The predicted octanol–water partition coefficient (Wildman–Crippen LogP) is 2.91. The van der Waals surface area contributed by atoms with Gasteiger partial charge in [-0.2, -0.15) is 4.31 Å². The average molecular weight is 376 g/mol. The highest BCUT2D eigenvalue weighted by Crippen LogP contribution is 2.20. The summed E-state index contributed by atoms with van der Waals surface area (Å²) in [6.45, 7) is 4.37. The van der Waals surface area contributed by atoms with E-state index in [0.717, 1.165) is 5.56 Å². The number of carbonyl (C=O) groups is 1. The number of hydrogen-bond acceptors (Lipinski definition) is 4. The van der Waals surface area contributed by atoms with Crippen LogP contribution in [-0.4, -0.2) is 38.8 Å². The SMILES string of the molecule is CCN(CC)S(=O)(=O)c1cccc(NC(=O)Cc2cccc(OC)c2)c1. The fourth-order valence-corrected chi connectivity index (χ4v) is 4.12. The second-order valence-electron chi connectivity index (χ2n) is 5.69. The van der Waals surface area contributed by atoms with Gasteiger partial charge in [0.25, 0.3) is 0 Å². The summed E-state index contributed by atoms with van der Waals surface area (Å²) in [6.07, 6.45) is 0.171. The van der Waals surface area contributed by atoms with E-state index in [1.807, 2.05) is 18.2 Å². The summed E-state index contributed by atoms with van der Waals surface area (Å²) in [5.41, 5.74) is 1.26. The van der Waals surface area contributed by atoms with Crippen molar-refractivity contribution < 1.29 is 17.9 Å². The first-order valence-corrected chi connectivity index (χ1v) is 9.87. The summed E-state index contributed by atoms with van der Waals surface area (Å²) in [5.74, 6) is 0.457. The molecule has 0 aliphatic rings. The molecule has 7 heteroatoms. The van der Waals surface area contributed by atoms with E-state index in [1.54, 1.807) is 39.2 Å². The lowest BCUT2D eigenvalue weighted by Crippen LogP contribution is -2.30. The zero-order chi connectivity index (χ0) is 19.2. The zero-order valence-electron chi connectivity index (χ0n) is 15.2. The van der Waals surface area contributed by atoms with Crippen LogP contribution in [-0.2, 0) is 21.2 Å². The molecule has 0 saturated carbocycles. The van der Waals surface area contributed by atoms with Gasteiger partial charge in [0.2, 0.25) is 15.9 Å². The summed E-state index contributed by atoms with van der Waals surface area (Å²) in [6, 6.07) is 13.6. The Morgan fingerprint density at radius 3 is 2.42 bits per heavy atom. The third-order valence-corrected chi connectivity index (χ3v) is 6.01. The third-order valence-electron chi connectivity index (χ3n) is 3.96. The number of carbonyl (C=O) groups excluding carboxylic acids is 1. The molecule has 0 bridgehead atoms. The molecule has 0 radical (unpaired) electrons. The number of benzene rings is 2. The van der Waals surface area contributed by atoms with Crippen molar-refractivity contribution in [2.75, 3.05) is 25.5 Å². The van der Waals surface area contributed by atoms with Gasteiger partial charge in [-0.25, -0.2) is 8.42 Å². The first-order valence-electron chi connectivity index (χ1n) is 8.43. The van der Waals surface area contributed by atoms with Crippen LogP contribution in [0.15, 0.2) is 53.4 Å². The van der Waals surface area contributed by atoms with E-state index in [0.29, 0.717) is 24.5 Å². The summed E-state index contributed by atoms with van der Waals surface area (Å²) >= 11 is 0. The smallest absolute Gasteiger partial charge is 0.243 e.